The number of aromatic nitrogens is 2. The van der Waals surface area contributed by atoms with Gasteiger partial charge in [-0.05, 0) is 33.2 Å². The van der Waals surface area contributed by atoms with Crippen molar-refractivity contribution in [1.29, 1.82) is 0 Å². The van der Waals surface area contributed by atoms with E-state index in [4.69, 9.17) is 15.5 Å². The molecule has 2 aliphatic rings. The summed E-state index contributed by atoms with van der Waals surface area (Å²) in [4.78, 5) is 25.4. The Balaban J connectivity index is 1.30. The molecule has 0 radical (unpaired) electrons. The number of carbonyl (C=O) groups excluding carboxylic acids is 1. The zero-order valence-corrected chi connectivity index (χ0v) is 20.4. The Kier molecular flexibility index (Phi) is 5.98. The molecule has 33 heavy (non-hydrogen) atoms. The van der Waals surface area contributed by atoms with Gasteiger partial charge < -0.3 is 26.0 Å². The number of nitrogens with two attached hydrogens (primary N) is 1. The van der Waals surface area contributed by atoms with Crippen LogP contribution in [0.2, 0.25) is 0 Å². The molecule has 176 valence electrons. The van der Waals surface area contributed by atoms with Crippen molar-refractivity contribution in [2.45, 2.75) is 44.4 Å². The molecule has 3 unspecified atom stereocenters. The monoisotopic (exact) mass is 490 g/mol. The lowest BCUT2D eigenvalue weighted by molar-refractivity contribution is 0.0938. The number of amides is 1. The molecular formula is C22H27FN6O2S2. The van der Waals surface area contributed by atoms with E-state index in [0.717, 1.165) is 20.2 Å². The number of fused-ring (bicyclic) bond motifs is 2. The van der Waals surface area contributed by atoms with Crippen molar-refractivity contribution in [3.05, 3.63) is 33.0 Å². The van der Waals surface area contributed by atoms with E-state index >= 15 is 4.39 Å². The van der Waals surface area contributed by atoms with E-state index < -0.39 is 0 Å². The summed E-state index contributed by atoms with van der Waals surface area (Å²) < 4.78 is 21.5. The summed E-state index contributed by atoms with van der Waals surface area (Å²) in [7, 11) is 3.60. The fourth-order valence-electron chi connectivity index (χ4n) is 4.74. The fourth-order valence-corrected chi connectivity index (χ4v) is 6.83. The molecule has 3 aromatic rings. The largest absolute Gasteiger partial charge is 0.396 e. The van der Waals surface area contributed by atoms with E-state index in [2.05, 4.69) is 20.5 Å². The van der Waals surface area contributed by atoms with Crippen molar-refractivity contribution >= 4 is 49.6 Å². The number of methoxy groups -OCH3 is 1. The van der Waals surface area contributed by atoms with Gasteiger partial charge in [-0.15, -0.1) is 22.7 Å². The lowest BCUT2D eigenvalue weighted by atomic mass is 9.91. The van der Waals surface area contributed by atoms with Crippen LogP contribution < -0.4 is 21.3 Å². The summed E-state index contributed by atoms with van der Waals surface area (Å²) in [6.07, 6.45) is 1.76. The Labute approximate surface area is 199 Å². The predicted octanol–water partition coefficient (Wildman–Crippen LogP) is 2.49. The Morgan fingerprint density at radius 2 is 2.15 bits per heavy atom. The number of ether oxygens (including phenoxy) is 1. The SMILES string of the molecule is CNC1CN(c2cc(F)c3c(n2)CCC(NC(=O)c2sc4nc(C)sc4c2N)C3)CC1OC. The number of hydrogen-bond donors (Lipinski definition) is 3. The summed E-state index contributed by atoms with van der Waals surface area (Å²) >= 11 is 2.80. The van der Waals surface area contributed by atoms with Crippen molar-refractivity contribution in [1.82, 2.24) is 20.6 Å². The number of nitrogens with one attached hydrogen (secondary N) is 2. The highest BCUT2D eigenvalue weighted by Crippen LogP contribution is 2.37. The van der Waals surface area contributed by atoms with Crippen LogP contribution >= 0.6 is 22.7 Å². The first-order chi connectivity index (χ1) is 15.9. The Morgan fingerprint density at radius 3 is 2.85 bits per heavy atom. The van der Waals surface area contributed by atoms with Crippen LogP contribution in [0, 0.1) is 12.7 Å². The highest BCUT2D eigenvalue weighted by molar-refractivity contribution is 7.29. The number of anilines is 2. The minimum Gasteiger partial charge on any atom is -0.396 e. The summed E-state index contributed by atoms with van der Waals surface area (Å²) in [5.74, 6) is 0.147. The van der Waals surface area contributed by atoms with Gasteiger partial charge in [0.05, 0.1) is 27.5 Å². The van der Waals surface area contributed by atoms with Gasteiger partial charge >= 0.3 is 0 Å². The van der Waals surface area contributed by atoms with Crippen LogP contribution in [0.25, 0.3) is 9.53 Å². The number of halogens is 1. The van der Waals surface area contributed by atoms with Gasteiger partial charge in [0.2, 0.25) is 0 Å². The van der Waals surface area contributed by atoms with Gasteiger partial charge in [-0.2, -0.15) is 0 Å². The molecule has 4 N–H and O–H groups in total. The molecule has 1 amide bonds. The molecule has 0 aromatic carbocycles. The highest BCUT2D eigenvalue weighted by atomic mass is 32.1. The number of carbonyl (C=O) groups is 1. The van der Waals surface area contributed by atoms with E-state index in [0.29, 0.717) is 54.3 Å². The fraction of sp³-hybridized carbons (Fsp3) is 0.500. The van der Waals surface area contributed by atoms with Crippen LogP contribution in [0.15, 0.2) is 6.07 Å². The maximum absolute atomic E-state index is 15.1. The maximum atomic E-state index is 15.1. The topological polar surface area (TPSA) is 105 Å². The molecule has 5 rings (SSSR count). The number of aryl methyl sites for hydroxylation is 2. The second-order valence-corrected chi connectivity index (χ2v) is 10.8. The molecule has 0 spiro atoms. The van der Waals surface area contributed by atoms with Crippen LogP contribution in [-0.4, -0.2) is 61.3 Å². The van der Waals surface area contributed by atoms with Gasteiger partial charge in [-0.1, -0.05) is 0 Å². The van der Waals surface area contributed by atoms with E-state index in [9.17, 15) is 4.79 Å². The van der Waals surface area contributed by atoms with Crippen LogP contribution in [0.1, 0.15) is 32.4 Å². The van der Waals surface area contributed by atoms with Crippen LogP contribution in [-0.2, 0) is 17.6 Å². The lowest BCUT2D eigenvalue weighted by Crippen LogP contribution is -2.39. The quantitative estimate of drug-likeness (QED) is 0.505. The van der Waals surface area contributed by atoms with E-state index in [1.165, 1.54) is 28.7 Å². The van der Waals surface area contributed by atoms with Gasteiger partial charge in [0.25, 0.3) is 5.91 Å². The Bertz CT molecular complexity index is 1200. The number of thiazole rings is 1. The standard InChI is InChI=1S/C22H27FN6O2S2/c1-10-26-22-20(32-10)18(24)19(33-22)21(30)27-11-4-5-14-12(6-11)13(23)7-17(28-14)29-8-15(25-2)16(9-29)31-3/h7,11,15-16,25H,4-6,8-9,24H2,1-3H3,(H,27,30). The average Bonchev–Trinajstić information content (AvgIpc) is 3.47. The smallest absolute Gasteiger partial charge is 0.263 e. The third-order valence-corrected chi connectivity index (χ3v) is 8.75. The molecule has 1 aliphatic heterocycles. The molecule has 0 saturated carbocycles. The summed E-state index contributed by atoms with van der Waals surface area (Å²) in [5, 5.41) is 7.22. The summed E-state index contributed by atoms with van der Waals surface area (Å²) in [6, 6.07) is 1.52. The van der Waals surface area contributed by atoms with Crippen LogP contribution in [0.5, 0.6) is 0 Å². The second-order valence-electron chi connectivity index (χ2n) is 8.59. The number of likely N-dealkylation sites (N-methyl/N-ethyl adjacent to an activating group) is 1. The van der Waals surface area contributed by atoms with Crippen molar-refractivity contribution in [2.75, 3.05) is 37.9 Å². The van der Waals surface area contributed by atoms with Gasteiger partial charge in [0.15, 0.2) is 0 Å². The minimum atomic E-state index is -0.272. The third-order valence-electron chi connectivity index (χ3n) is 6.52. The van der Waals surface area contributed by atoms with Crippen LogP contribution in [0.3, 0.4) is 0 Å². The number of nitrogens with zero attached hydrogens (tertiary/aromatic N) is 3. The van der Waals surface area contributed by atoms with Crippen molar-refractivity contribution in [3.63, 3.8) is 0 Å². The van der Waals surface area contributed by atoms with Crippen molar-refractivity contribution < 1.29 is 13.9 Å². The van der Waals surface area contributed by atoms with Gasteiger partial charge in [-0.25, -0.2) is 14.4 Å². The normalized spacial score (nSPS) is 22.7. The molecule has 1 saturated heterocycles. The van der Waals surface area contributed by atoms with Crippen molar-refractivity contribution in [2.24, 2.45) is 0 Å². The maximum Gasteiger partial charge on any atom is 0.263 e. The Hall–Kier alpha value is -2.34. The lowest BCUT2D eigenvalue weighted by Gasteiger charge is -2.27. The second kappa shape index (κ2) is 8.79. The van der Waals surface area contributed by atoms with Crippen LogP contribution in [0.4, 0.5) is 15.9 Å². The van der Waals surface area contributed by atoms with E-state index in [1.807, 2.05) is 14.0 Å². The zero-order valence-electron chi connectivity index (χ0n) is 18.8. The number of rotatable bonds is 5. The molecular weight excluding hydrogens is 463 g/mol. The minimum absolute atomic E-state index is 0.0366. The van der Waals surface area contributed by atoms with Gasteiger partial charge in [0.1, 0.15) is 21.3 Å². The van der Waals surface area contributed by atoms with Crippen molar-refractivity contribution in [3.8, 4) is 0 Å². The van der Waals surface area contributed by atoms with Gasteiger partial charge in [0, 0.05) is 43.6 Å². The number of thiophene rings is 1. The first kappa shape index (κ1) is 22.5. The van der Waals surface area contributed by atoms with E-state index in [-0.39, 0.29) is 29.9 Å². The average molecular weight is 491 g/mol. The van der Waals surface area contributed by atoms with E-state index in [1.54, 1.807) is 7.11 Å². The molecule has 8 nitrogen and oxygen atoms in total. The summed E-state index contributed by atoms with van der Waals surface area (Å²) in [6.45, 7) is 3.30. The predicted molar refractivity (Wildman–Crippen MR) is 130 cm³/mol. The molecule has 11 heteroatoms. The third kappa shape index (κ3) is 4.07. The molecule has 3 atom stereocenters. The molecule has 1 fully saturated rings. The molecule has 1 aliphatic carbocycles. The molecule has 3 aromatic heterocycles. The Morgan fingerprint density at radius 1 is 1.33 bits per heavy atom. The number of pyridine rings is 1. The summed E-state index contributed by atoms with van der Waals surface area (Å²) in [5.41, 5.74) is 8.04. The molecule has 0 bridgehead atoms. The highest BCUT2D eigenvalue weighted by Gasteiger charge is 2.34. The number of nitrogen functional groups attached to an aromatic ring is 1. The zero-order chi connectivity index (χ0) is 23.3. The first-order valence-corrected chi connectivity index (χ1v) is 12.6. The van der Waals surface area contributed by atoms with Gasteiger partial charge in [-0.3, -0.25) is 4.79 Å². The first-order valence-electron chi connectivity index (χ1n) is 11.0. The molecule has 4 heterocycles. The number of hydrogen-bond acceptors (Lipinski definition) is 9.